The van der Waals surface area contributed by atoms with Gasteiger partial charge < -0.3 is 9.72 Å². The summed E-state index contributed by atoms with van der Waals surface area (Å²) in [6.45, 7) is 7.38. The zero-order valence-electron chi connectivity index (χ0n) is 16.2. The van der Waals surface area contributed by atoms with E-state index in [0.717, 1.165) is 16.2 Å². The van der Waals surface area contributed by atoms with Crippen LogP contribution in [0.3, 0.4) is 0 Å². The number of H-pyrrole nitrogens is 1. The number of aromatic nitrogens is 2. The molecule has 0 spiro atoms. The van der Waals surface area contributed by atoms with Gasteiger partial charge in [-0.05, 0) is 44.7 Å². The van der Waals surface area contributed by atoms with Crippen LogP contribution in [0.15, 0.2) is 6.20 Å². The highest BCUT2D eigenvalue weighted by Crippen LogP contribution is 2.42. The molecule has 0 saturated heterocycles. The maximum Gasteiger partial charge on any atom is 0.417 e. The molecule has 1 aliphatic heterocycles. The highest BCUT2D eigenvalue weighted by atomic mass is 35.5. The molecule has 8 heteroatoms. The third kappa shape index (κ3) is 2.89. The van der Waals surface area contributed by atoms with Crippen LogP contribution in [0.25, 0.3) is 11.3 Å². The molecular formula is C20H21ClFN3O3. The quantitative estimate of drug-likeness (QED) is 0.656. The molecule has 6 nitrogen and oxygen atoms in total. The van der Waals surface area contributed by atoms with E-state index in [1.807, 2.05) is 6.92 Å². The number of carbonyl (C=O) groups is 2. The number of hydrogen-bond donors (Lipinski definition) is 1. The predicted molar refractivity (Wildman–Crippen MR) is 102 cm³/mol. The number of pyridine rings is 1. The van der Waals surface area contributed by atoms with Crippen LogP contribution in [-0.4, -0.2) is 39.0 Å². The molecule has 2 amide bonds. The summed E-state index contributed by atoms with van der Waals surface area (Å²) in [5.74, 6) is -1.14. The van der Waals surface area contributed by atoms with Gasteiger partial charge >= 0.3 is 6.09 Å². The van der Waals surface area contributed by atoms with Gasteiger partial charge in [-0.2, -0.15) is 0 Å². The van der Waals surface area contributed by atoms with E-state index in [-0.39, 0.29) is 17.6 Å². The molecule has 1 atom stereocenters. The Kier molecular flexibility index (Phi) is 4.26. The summed E-state index contributed by atoms with van der Waals surface area (Å²) in [7, 11) is 0. The minimum absolute atomic E-state index is 0.130. The van der Waals surface area contributed by atoms with E-state index < -0.39 is 23.4 Å². The summed E-state index contributed by atoms with van der Waals surface area (Å²) in [5, 5.41) is -0.200. The Labute approximate surface area is 167 Å². The van der Waals surface area contributed by atoms with Crippen molar-refractivity contribution >= 4 is 23.6 Å². The van der Waals surface area contributed by atoms with Crippen molar-refractivity contribution in [1.82, 2.24) is 14.9 Å². The largest absolute Gasteiger partial charge is 0.443 e. The molecule has 2 aliphatic rings. The summed E-state index contributed by atoms with van der Waals surface area (Å²) >= 11 is 5.89. The Morgan fingerprint density at radius 1 is 1.36 bits per heavy atom. The van der Waals surface area contributed by atoms with Crippen molar-refractivity contribution in [3.63, 3.8) is 0 Å². The highest BCUT2D eigenvalue weighted by molar-refractivity contribution is 6.29. The van der Waals surface area contributed by atoms with Crippen LogP contribution in [0.5, 0.6) is 0 Å². The zero-order valence-corrected chi connectivity index (χ0v) is 16.9. The molecule has 148 valence electrons. The van der Waals surface area contributed by atoms with Crippen molar-refractivity contribution in [3.8, 4) is 11.3 Å². The monoisotopic (exact) mass is 405 g/mol. The first-order valence-electron chi connectivity index (χ1n) is 9.21. The summed E-state index contributed by atoms with van der Waals surface area (Å²) in [6, 6.07) is 0. The lowest BCUT2D eigenvalue weighted by molar-refractivity contribution is 0.0220. The number of fused-ring (bicyclic) bond motifs is 5. The molecule has 4 rings (SSSR count). The Morgan fingerprint density at radius 3 is 2.75 bits per heavy atom. The average Bonchev–Trinajstić information content (AvgIpc) is 3.00. The average molecular weight is 406 g/mol. The summed E-state index contributed by atoms with van der Waals surface area (Å²) in [5.41, 5.74) is 2.83. The van der Waals surface area contributed by atoms with Crippen LogP contribution in [0, 0.1) is 5.82 Å². The molecule has 0 aromatic carbocycles. The SMILES string of the molecule is CC1CN(C(=O)OC(C)(C)C)C(=O)c2c1[nH]c1c2CCc2cnc(Cl)c(F)c2-1. The van der Waals surface area contributed by atoms with Gasteiger partial charge in [-0.25, -0.2) is 19.1 Å². The van der Waals surface area contributed by atoms with Gasteiger partial charge in [0, 0.05) is 29.9 Å². The maximum atomic E-state index is 14.7. The van der Waals surface area contributed by atoms with Crippen LogP contribution in [0.4, 0.5) is 9.18 Å². The smallest absolute Gasteiger partial charge is 0.417 e. The molecule has 0 bridgehead atoms. The molecule has 0 saturated carbocycles. The minimum atomic E-state index is -0.704. The lowest BCUT2D eigenvalue weighted by Gasteiger charge is -2.31. The highest BCUT2D eigenvalue weighted by Gasteiger charge is 2.40. The molecule has 28 heavy (non-hydrogen) atoms. The molecule has 1 aliphatic carbocycles. The number of carbonyl (C=O) groups excluding carboxylic acids is 2. The van der Waals surface area contributed by atoms with Gasteiger partial charge in [0.25, 0.3) is 5.91 Å². The molecule has 1 unspecified atom stereocenters. The van der Waals surface area contributed by atoms with Crippen molar-refractivity contribution in [3.05, 3.63) is 39.6 Å². The molecule has 2 aromatic rings. The van der Waals surface area contributed by atoms with Crippen LogP contribution < -0.4 is 0 Å². The number of aryl methyl sites for hydroxylation is 1. The van der Waals surface area contributed by atoms with Crippen LogP contribution in [0.1, 0.15) is 60.8 Å². The minimum Gasteiger partial charge on any atom is -0.443 e. The Morgan fingerprint density at radius 2 is 2.07 bits per heavy atom. The molecule has 0 radical (unpaired) electrons. The van der Waals surface area contributed by atoms with Crippen LogP contribution in [-0.2, 0) is 17.6 Å². The number of halogens is 2. The normalized spacial score (nSPS) is 18.4. The van der Waals surface area contributed by atoms with Gasteiger partial charge in [0.15, 0.2) is 11.0 Å². The Bertz CT molecular complexity index is 1010. The van der Waals surface area contributed by atoms with Gasteiger partial charge in [0.05, 0.1) is 11.3 Å². The maximum absolute atomic E-state index is 14.7. The second-order valence-corrected chi connectivity index (χ2v) is 8.69. The van der Waals surface area contributed by atoms with E-state index in [0.29, 0.717) is 35.2 Å². The van der Waals surface area contributed by atoms with Crippen molar-refractivity contribution in [2.75, 3.05) is 6.54 Å². The van der Waals surface area contributed by atoms with Crippen molar-refractivity contribution in [2.45, 2.75) is 52.1 Å². The lowest BCUT2D eigenvalue weighted by atomic mass is 9.87. The lowest BCUT2D eigenvalue weighted by Crippen LogP contribution is -2.45. The molecule has 1 N–H and O–H groups in total. The number of hydrogen-bond acceptors (Lipinski definition) is 4. The van der Waals surface area contributed by atoms with E-state index in [1.165, 1.54) is 0 Å². The predicted octanol–water partition coefficient (Wildman–Crippen LogP) is 4.46. The second-order valence-electron chi connectivity index (χ2n) is 8.33. The fraction of sp³-hybridized carbons (Fsp3) is 0.450. The van der Waals surface area contributed by atoms with E-state index in [2.05, 4.69) is 9.97 Å². The molecule has 0 fully saturated rings. The fourth-order valence-electron chi connectivity index (χ4n) is 3.91. The van der Waals surface area contributed by atoms with E-state index >= 15 is 0 Å². The number of aromatic amines is 1. The van der Waals surface area contributed by atoms with E-state index in [4.69, 9.17) is 16.3 Å². The first-order chi connectivity index (χ1) is 13.1. The third-order valence-electron chi connectivity index (χ3n) is 5.10. The van der Waals surface area contributed by atoms with Crippen molar-refractivity contribution < 1.29 is 18.7 Å². The first-order valence-corrected chi connectivity index (χ1v) is 9.59. The molecule has 2 aromatic heterocycles. The summed E-state index contributed by atoms with van der Waals surface area (Å²) in [4.78, 5) is 34.0. The van der Waals surface area contributed by atoms with Crippen LogP contribution in [0.2, 0.25) is 5.15 Å². The third-order valence-corrected chi connectivity index (χ3v) is 5.37. The van der Waals surface area contributed by atoms with Crippen LogP contribution >= 0.6 is 11.6 Å². The van der Waals surface area contributed by atoms with Gasteiger partial charge in [0.2, 0.25) is 0 Å². The first kappa shape index (κ1) is 18.9. The summed E-state index contributed by atoms with van der Waals surface area (Å²) in [6.07, 6.45) is 2.00. The van der Waals surface area contributed by atoms with Crippen molar-refractivity contribution in [1.29, 1.82) is 0 Å². The number of nitrogens with one attached hydrogen (secondary N) is 1. The number of ether oxygens (including phenoxy) is 1. The Hall–Kier alpha value is -2.41. The summed E-state index contributed by atoms with van der Waals surface area (Å²) < 4.78 is 20.1. The van der Waals surface area contributed by atoms with E-state index in [1.54, 1.807) is 27.0 Å². The number of amides is 2. The van der Waals surface area contributed by atoms with Gasteiger partial charge in [-0.15, -0.1) is 0 Å². The van der Waals surface area contributed by atoms with Gasteiger partial charge in [-0.1, -0.05) is 18.5 Å². The number of nitrogens with zero attached hydrogens (tertiary/aromatic N) is 2. The second kappa shape index (κ2) is 6.30. The molecule has 3 heterocycles. The van der Waals surface area contributed by atoms with E-state index in [9.17, 15) is 14.0 Å². The molecular weight excluding hydrogens is 385 g/mol. The standard InChI is InChI=1S/C20H21ClFN3O3/c1-9-8-25(19(27)28-20(2,3)4)18(26)13-11-6-5-10-7-23-17(21)14(22)12(10)16(11)24-15(9)13/h7,9,24H,5-6,8H2,1-4H3. The van der Waals surface area contributed by atoms with Gasteiger partial charge in [0.1, 0.15) is 5.60 Å². The van der Waals surface area contributed by atoms with Crippen molar-refractivity contribution in [2.24, 2.45) is 0 Å². The topological polar surface area (TPSA) is 75.3 Å². The fourth-order valence-corrected chi connectivity index (χ4v) is 4.06. The zero-order chi connectivity index (χ0) is 20.4. The number of imide groups is 1. The van der Waals surface area contributed by atoms with Gasteiger partial charge in [-0.3, -0.25) is 4.79 Å². The number of rotatable bonds is 0. The Balaban J connectivity index is 1.81.